The number of aryl methyl sites for hydroxylation is 2. The average molecular weight is 336 g/mol. The van der Waals surface area contributed by atoms with Crippen LogP contribution in [0.3, 0.4) is 0 Å². The van der Waals surface area contributed by atoms with Gasteiger partial charge in [-0.05, 0) is 49.9 Å². The van der Waals surface area contributed by atoms with Crippen molar-refractivity contribution in [3.63, 3.8) is 0 Å². The molecule has 102 valence electrons. The molecular weight excluding hydrogens is 318 g/mol. The van der Waals surface area contributed by atoms with Gasteiger partial charge in [0.1, 0.15) is 5.75 Å². The quantitative estimate of drug-likeness (QED) is 0.812. The van der Waals surface area contributed by atoms with Gasteiger partial charge in [-0.3, -0.25) is 0 Å². The van der Waals surface area contributed by atoms with Crippen LogP contribution in [0.5, 0.6) is 5.75 Å². The molecule has 0 fully saturated rings. The SMILES string of the molecule is Cc1cc(OCCCCS(N)(=O)=O)cc(C)c1Br. The van der Waals surface area contributed by atoms with Gasteiger partial charge in [-0.2, -0.15) is 0 Å². The monoisotopic (exact) mass is 335 g/mol. The molecule has 0 unspecified atom stereocenters. The van der Waals surface area contributed by atoms with Gasteiger partial charge in [-0.1, -0.05) is 15.9 Å². The maximum atomic E-state index is 10.7. The Morgan fingerprint density at radius 3 is 2.28 bits per heavy atom. The number of halogens is 1. The Hall–Kier alpha value is -0.590. The first-order valence-electron chi connectivity index (χ1n) is 5.69. The number of primary sulfonamides is 1. The molecule has 0 spiro atoms. The van der Waals surface area contributed by atoms with E-state index >= 15 is 0 Å². The van der Waals surface area contributed by atoms with Crippen molar-refractivity contribution in [1.82, 2.24) is 0 Å². The van der Waals surface area contributed by atoms with Crippen LogP contribution in [0.25, 0.3) is 0 Å². The third-order valence-electron chi connectivity index (χ3n) is 2.50. The highest BCUT2D eigenvalue weighted by atomic mass is 79.9. The fourth-order valence-electron chi connectivity index (χ4n) is 1.58. The smallest absolute Gasteiger partial charge is 0.209 e. The summed E-state index contributed by atoms with van der Waals surface area (Å²) in [6, 6.07) is 3.91. The molecule has 0 saturated carbocycles. The Morgan fingerprint density at radius 1 is 1.22 bits per heavy atom. The normalized spacial score (nSPS) is 11.6. The molecule has 0 aromatic heterocycles. The summed E-state index contributed by atoms with van der Waals surface area (Å²) < 4.78 is 28.1. The maximum absolute atomic E-state index is 10.7. The van der Waals surface area contributed by atoms with Gasteiger partial charge in [0.2, 0.25) is 10.0 Å². The molecule has 0 saturated heterocycles. The number of unbranched alkanes of at least 4 members (excludes halogenated alkanes) is 1. The van der Waals surface area contributed by atoms with E-state index in [2.05, 4.69) is 15.9 Å². The van der Waals surface area contributed by atoms with Gasteiger partial charge in [0.15, 0.2) is 0 Å². The van der Waals surface area contributed by atoms with E-state index < -0.39 is 10.0 Å². The number of hydrogen-bond donors (Lipinski definition) is 1. The number of ether oxygens (including phenoxy) is 1. The Labute approximate surface area is 117 Å². The zero-order valence-corrected chi connectivity index (χ0v) is 13.0. The molecule has 6 heteroatoms. The van der Waals surface area contributed by atoms with Gasteiger partial charge >= 0.3 is 0 Å². The summed E-state index contributed by atoms with van der Waals surface area (Å²) in [5.74, 6) is 0.818. The molecule has 0 bridgehead atoms. The van der Waals surface area contributed by atoms with E-state index in [1.807, 2.05) is 26.0 Å². The van der Waals surface area contributed by atoms with E-state index in [1.54, 1.807) is 0 Å². The summed E-state index contributed by atoms with van der Waals surface area (Å²) in [6.07, 6.45) is 1.19. The fourth-order valence-corrected chi connectivity index (χ4v) is 2.42. The first kappa shape index (κ1) is 15.5. The van der Waals surface area contributed by atoms with Crippen LogP contribution in [0.2, 0.25) is 0 Å². The van der Waals surface area contributed by atoms with Gasteiger partial charge in [0, 0.05) is 4.47 Å². The minimum Gasteiger partial charge on any atom is -0.494 e. The highest BCUT2D eigenvalue weighted by molar-refractivity contribution is 9.10. The van der Waals surface area contributed by atoms with Crippen LogP contribution in [-0.4, -0.2) is 20.8 Å². The summed E-state index contributed by atoms with van der Waals surface area (Å²) in [6.45, 7) is 4.51. The lowest BCUT2D eigenvalue weighted by atomic mass is 10.1. The van der Waals surface area contributed by atoms with E-state index in [0.717, 1.165) is 21.3 Å². The van der Waals surface area contributed by atoms with Crippen molar-refractivity contribution in [2.24, 2.45) is 5.14 Å². The third-order valence-corrected chi connectivity index (χ3v) is 4.61. The first-order valence-corrected chi connectivity index (χ1v) is 8.20. The van der Waals surface area contributed by atoms with E-state index in [4.69, 9.17) is 9.88 Å². The number of hydrogen-bond acceptors (Lipinski definition) is 3. The summed E-state index contributed by atoms with van der Waals surface area (Å²) >= 11 is 3.49. The molecule has 4 nitrogen and oxygen atoms in total. The first-order chi connectivity index (χ1) is 8.29. The van der Waals surface area contributed by atoms with Gasteiger partial charge in [0.25, 0.3) is 0 Å². The molecule has 1 aromatic carbocycles. The van der Waals surface area contributed by atoms with E-state index in [9.17, 15) is 8.42 Å². The molecule has 0 heterocycles. The van der Waals surface area contributed by atoms with Crippen LogP contribution in [0.1, 0.15) is 24.0 Å². The Kier molecular flexibility index (Phi) is 5.62. The topological polar surface area (TPSA) is 69.4 Å². The average Bonchev–Trinajstić information content (AvgIpc) is 2.23. The number of rotatable bonds is 6. The minimum absolute atomic E-state index is 0.00868. The van der Waals surface area contributed by atoms with Gasteiger partial charge in [0.05, 0.1) is 12.4 Å². The fraction of sp³-hybridized carbons (Fsp3) is 0.500. The molecule has 0 aliphatic heterocycles. The highest BCUT2D eigenvalue weighted by Gasteiger charge is 2.04. The van der Waals surface area contributed by atoms with Crippen molar-refractivity contribution in [3.8, 4) is 5.75 Å². The van der Waals surface area contributed by atoms with Gasteiger partial charge in [-0.25, -0.2) is 13.6 Å². The van der Waals surface area contributed by atoms with E-state index in [1.165, 1.54) is 0 Å². The van der Waals surface area contributed by atoms with Crippen LogP contribution in [0.4, 0.5) is 0 Å². The second kappa shape index (κ2) is 6.54. The number of benzene rings is 1. The van der Waals surface area contributed by atoms with Crippen molar-refractivity contribution in [1.29, 1.82) is 0 Å². The lowest BCUT2D eigenvalue weighted by Crippen LogP contribution is -2.16. The maximum Gasteiger partial charge on any atom is 0.209 e. The van der Waals surface area contributed by atoms with E-state index in [0.29, 0.717) is 19.4 Å². The summed E-state index contributed by atoms with van der Waals surface area (Å²) in [5, 5.41) is 4.91. The summed E-state index contributed by atoms with van der Waals surface area (Å²) in [5.41, 5.74) is 2.24. The molecule has 2 N–H and O–H groups in total. The molecule has 0 atom stereocenters. The zero-order chi connectivity index (χ0) is 13.8. The van der Waals surface area contributed by atoms with E-state index in [-0.39, 0.29) is 5.75 Å². The molecular formula is C12H18BrNO3S. The molecule has 1 rings (SSSR count). The predicted octanol–water partition coefficient (Wildman–Crippen LogP) is 2.51. The van der Waals surface area contributed by atoms with Crippen molar-refractivity contribution in [3.05, 3.63) is 27.7 Å². The van der Waals surface area contributed by atoms with Crippen LogP contribution in [-0.2, 0) is 10.0 Å². The van der Waals surface area contributed by atoms with Gasteiger partial charge < -0.3 is 4.74 Å². The molecule has 0 radical (unpaired) electrons. The number of nitrogens with two attached hydrogens (primary N) is 1. The second-order valence-electron chi connectivity index (χ2n) is 4.29. The van der Waals surface area contributed by atoms with Crippen LogP contribution < -0.4 is 9.88 Å². The lowest BCUT2D eigenvalue weighted by molar-refractivity contribution is 0.309. The van der Waals surface area contributed by atoms with Crippen LogP contribution in [0, 0.1) is 13.8 Å². The number of sulfonamides is 1. The van der Waals surface area contributed by atoms with Gasteiger partial charge in [-0.15, -0.1) is 0 Å². The van der Waals surface area contributed by atoms with Crippen molar-refractivity contribution in [2.75, 3.05) is 12.4 Å². The molecule has 0 aliphatic carbocycles. The standard InChI is InChI=1S/C12H18BrNO3S/c1-9-7-11(8-10(2)12(9)13)17-5-3-4-6-18(14,15)16/h7-8H,3-6H2,1-2H3,(H2,14,15,16). The Balaban J connectivity index is 2.41. The van der Waals surface area contributed by atoms with Crippen LogP contribution in [0.15, 0.2) is 16.6 Å². The largest absolute Gasteiger partial charge is 0.494 e. The summed E-state index contributed by atoms with van der Waals surface area (Å²) in [7, 11) is -3.35. The zero-order valence-electron chi connectivity index (χ0n) is 10.6. The van der Waals surface area contributed by atoms with Crippen LogP contribution >= 0.6 is 15.9 Å². The van der Waals surface area contributed by atoms with Crippen molar-refractivity contribution < 1.29 is 13.2 Å². The molecule has 0 amide bonds. The Morgan fingerprint density at radius 2 is 1.78 bits per heavy atom. The summed E-state index contributed by atoms with van der Waals surface area (Å²) in [4.78, 5) is 0. The third kappa shape index (κ3) is 5.37. The van der Waals surface area contributed by atoms with Crippen molar-refractivity contribution in [2.45, 2.75) is 26.7 Å². The highest BCUT2D eigenvalue weighted by Crippen LogP contribution is 2.26. The Bertz CT molecular complexity index is 491. The second-order valence-corrected chi connectivity index (χ2v) is 6.82. The molecule has 0 aliphatic rings. The van der Waals surface area contributed by atoms with Crippen molar-refractivity contribution >= 4 is 26.0 Å². The molecule has 18 heavy (non-hydrogen) atoms. The molecule has 1 aromatic rings. The predicted molar refractivity (Wildman–Crippen MR) is 76.3 cm³/mol. The minimum atomic E-state index is -3.35. The lowest BCUT2D eigenvalue weighted by Gasteiger charge is -2.10.